The molecule has 1 aliphatic carbocycles. The molecule has 1 spiro atoms. The van der Waals surface area contributed by atoms with Crippen LogP contribution in [0.15, 0.2) is 18.2 Å². The minimum Gasteiger partial charge on any atom is -0.380 e. The zero-order valence-electron chi connectivity index (χ0n) is 10.3. The fourth-order valence-corrected chi connectivity index (χ4v) is 3.80. The Labute approximate surface area is 118 Å². The van der Waals surface area contributed by atoms with Crippen LogP contribution in [0.2, 0.25) is 10.0 Å². The first-order valence-corrected chi connectivity index (χ1v) is 7.35. The molecule has 1 saturated carbocycles. The van der Waals surface area contributed by atoms with Crippen LogP contribution in [0.5, 0.6) is 0 Å². The Balaban J connectivity index is 1.62. The second kappa shape index (κ2) is 4.92. The minimum atomic E-state index is 0.528. The number of nitrogens with one attached hydrogen (secondary N) is 2. The summed E-state index contributed by atoms with van der Waals surface area (Å²) < 4.78 is 0. The summed E-state index contributed by atoms with van der Waals surface area (Å²) in [5.74, 6) is 0. The molecule has 1 aliphatic heterocycles. The molecule has 2 N–H and O–H groups in total. The van der Waals surface area contributed by atoms with Gasteiger partial charge in [-0.3, -0.25) is 0 Å². The van der Waals surface area contributed by atoms with Gasteiger partial charge in [-0.2, -0.15) is 0 Å². The van der Waals surface area contributed by atoms with Gasteiger partial charge in [0.2, 0.25) is 0 Å². The van der Waals surface area contributed by atoms with Gasteiger partial charge in [-0.15, -0.1) is 0 Å². The molecule has 1 aromatic carbocycles. The van der Waals surface area contributed by atoms with E-state index in [2.05, 4.69) is 10.6 Å². The van der Waals surface area contributed by atoms with E-state index in [9.17, 15) is 0 Å². The first kappa shape index (κ1) is 12.6. The SMILES string of the molecule is Clc1cccc(Cl)c1NC1CC2(CCNCC2)C1. The summed E-state index contributed by atoms with van der Waals surface area (Å²) in [7, 11) is 0. The Bertz CT molecular complexity index is 413. The van der Waals surface area contributed by atoms with E-state index in [4.69, 9.17) is 23.2 Å². The normalized spacial score (nSPS) is 22.8. The first-order valence-electron chi connectivity index (χ1n) is 6.60. The monoisotopic (exact) mass is 284 g/mol. The van der Waals surface area contributed by atoms with Crippen LogP contribution < -0.4 is 10.6 Å². The van der Waals surface area contributed by atoms with Crippen LogP contribution in [-0.2, 0) is 0 Å². The van der Waals surface area contributed by atoms with Gasteiger partial charge in [-0.1, -0.05) is 29.3 Å². The molecule has 2 aliphatic rings. The molecule has 4 heteroatoms. The maximum absolute atomic E-state index is 6.17. The summed E-state index contributed by atoms with van der Waals surface area (Å²) >= 11 is 12.3. The molecule has 0 bridgehead atoms. The van der Waals surface area contributed by atoms with E-state index in [1.165, 1.54) is 38.8 Å². The fourth-order valence-electron chi connectivity index (χ4n) is 3.29. The van der Waals surface area contributed by atoms with E-state index in [1.54, 1.807) is 0 Å². The van der Waals surface area contributed by atoms with E-state index in [0.717, 1.165) is 5.69 Å². The van der Waals surface area contributed by atoms with Gasteiger partial charge >= 0.3 is 0 Å². The zero-order valence-corrected chi connectivity index (χ0v) is 11.8. The van der Waals surface area contributed by atoms with E-state index in [1.807, 2.05) is 18.2 Å². The van der Waals surface area contributed by atoms with Crippen molar-refractivity contribution in [2.75, 3.05) is 18.4 Å². The molecule has 0 atom stereocenters. The maximum atomic E-state index is 6.17. The second-order valence-corrected chi connectivity index (χ2v) is 6.41. The maximum Gasteiger partial charge on any atom is 0.0721 e. The fraction of sp³-hybridized carbons (Fsp3) is 0.571. The van der Waals surface area contributed by atoms with E-state index >= 15 is 0 Å². The van der Waals surface area contributed by atoms with Gasteiger partial charge in [0.15, 0.2) is 0 Å². The Morgan fingerprint density at radius 2 is 1.72 bits per heavy atom. The Hall–Kier alpha value is -0.440. The van der Waals surface area contributed by atoms with Crippen molar-refractivity contribution in [3.05, 3.63) is 28.2 Å². The van der Waals surface area contributed by atoms with Gasteiger partial charge in [0.25, 0.3) is 0 Å². The molecular formula is C14H18Cl2N2. The molecule has 0 aromatic heterocycles. The van der Waals surface area contributed by atoms with Crippen molar-refractivity contribution in [3.63, 3.8) is 0 Å². The highest BCUT2D eigenvalue weighted by molar-refractivity contribution is 6.39. The third-order valence-electron chi connectivity index (χ3n) is 4.33. The molecule has 0 amide bonds. The summed E-state index contributed by atoms with van der Waals surface area (Å²) in [6.45, 7) is 2.33. The highest BCUT2D eigenvalue weighted by Gasteiger charge is 2.44. The van der Waals surface area contributed by atoms with Crippen LogP contribution in [0.25, 0.3) is 0 Å². The smallest absolute Gasteiger partial charge is 0.0721 e. The molecule has 2 nitrogen and oxygen atoms in total. The lowest BCUT2D eigenvalue weighted by Gasteiger charge is -2.51. The first-order chi connectivity index (χ1) is 8.69. The van der Waals surface area contributed by atoms with Crippen LogP contribution in [-0.4, -0.2) is 19.1 Å². The highest BCUT2D eigenvalue weighted by atomic mass is 35.5. The lowest BCUT2D eigenvalue weighted by Crippen LogP contribution is -2.50. The van der Waals surface area contributed by atoms with Gasteiger partial charge in [-0.05, 0) is 56.3 Å². The van der Waals surface area contributed by atoms with Crippen LogP contribution in [0, 0.1) is 5.41 Å². The zero-order chi connectivity index (χ0) is 12.6. The van der Waals surface area contributed by atoms with Crippen molar-refractivity contribution in [1.82, 2.24) is 5.32 Å². The Morgan fingerprint density at radius 1 is 1.11 bits per heavy atom. The van der Waals surface area contributed by atoms with Gasteiger partial charge in [0.05, 0.1) is 15.7 Å². The van der Waals surface area contributed by atoms with Crippen LogP contribution >= 0.6 is 23.2 Å². The quantitative estimate of drug-likeness (QED) is 0.860. The number of benzene rings is 1. The number of hydrogen-bond acceptors (Lipinski definition) is 2. The van der Waals surface area contributed by atoms with Gasteiger partial charge < -0.3 is 10.6 Å². The lowest BCUT2D eigenvalue weighted by atomic mass is 9.60. The second-order valence-electron chi connectivity index (χ2n) is 5.60. The largest absolute Gasteiger partial charge is 0.380 e. The third kappa shape index (κ3) is 2.34. The van der Waals surface area contributed by atoms with Crippen LogP contribution in [0.4, 0.5) is 5.69 Å². The molecule has 98 valence electrons. The van der Waals surface area contributed by atoms with Crippen molar-refractivity contribution in [3.8, 4) is 0 Å². The highest BCUT2D eigenvalue weighted by Crippen LogP contribution is 2.49. The number of hydrogen-bond donors (Lipinski definition) is 2. The third-order valence-corrected chi connectivity index (χ3v) is 4.96. The number of halogens is 2. The number of piperidine rings is 1. The summed E-state index contributed by atoms with van der Waals surface area (Å²) in [5.41, 5.74) is 1.48. The number of anilines is 1. The van der Waals surface area contributed by atoms with E-state index < -0.39 is 0 Å². The van der Waals surface area contributed by atoms with E-state index in [0.29, 0.717) is 21.5 Å². The summed E-state index contributed by atoms with van der Waals surface area (Å²) in [5, 5.41) is 8.36. The summed E-state index contributed by atoms with van der Waals surface area (Å²) in [4.78, 5) is 0. The number of rotatable bonds is 2. The lowest BCUT2D eigenvalue weighted by molar-refractivity contribution is 0.0719. The average molecular weight is 285 g/mol. The van der Waals surface area contributed by atoms with Crippen LogP contribution in [0.1, 0.15) is 25.7 Å². The topological polar surface area (TPSA) is 24.1 Å². The summed E-state index contributed by atoms with van der Waals surface area (Å²) in [6.07, 6.45) is 5.11. The van der Waals surface area contributed by atoms with Gasteiger partial charge in [-0.25, -0.2) is 0 Å². The standard InChI is InChI=1S/C14H18Cl2N2/c15-11-2-1-3-12(16)13(11)18-10-8-14(9-10)4-6-17-7-5-14/h1-3,10,17-18H,4-9H2. The molecular weight excluding hydrogens is 267 g/mol. The number of para-hydroxylation sites is 1. The van der Waals surface area contributed by atoms with Gasteiger partial charge in [0.1, 0.15) is 0 Å². The van der Waals surface area contributed by atoms with Crippen molar-refractivity contribution < 1.29 is 0 Å². The van der Waals surface area contributed by atoms with Crippen LogP contribution in [0.3, 0.4) is 0 Å². The molecule has 1 aromatic rings. The molecule has 2 fully saturated rings. The van der Waals surface area contributed by atoms with Crippen molar-refractivity contribution in [2.24, 2.45) is 5.41 Å². The minimum absolute atomic E-state index is 0.528. The van der Waals surface area contributed by atoms with Crippen molar-refractivity contribution >= 4 is 28.9 Å². The molecule has 1 heterocycles. The summed E-state index contributed by atoms with van der Waals surface area (Å²) in [6, 6.07) is 6.18. The van der Waals surface area contributed by atoms with Crippen molar-refractivity contribution in [2.45, 2.75) is 31.7 Å². The average Bonchev–Trinajstić information content (AvgIpc) is 2.33. The Kier molecular flexibility index (Phi) is 3.44. The molecule has 0 unspecified atom stereocenters. The molecule has 3 rings (SSSR count). The molecule has 1 saturated heterocycles. The Morgan fingerprint density at radius 3 is 2.33 bits per heavy atom. The molecule has 0 radical (unpaired) electrons. The predicted octanol–water partition coefficient (Wildman–Crippen LogP) is 3.94. The predicted molar refractivity (Wildman–Crippen MR) is 77.6 cm³/mol. The van der Waals surface area contributed by atoms with Crippen molar-refractivity contribution in [1.29, 1.82) is 0 Å². The molecule has 18 heavy (non-hydrogen) atoms. The van der Waals surface area contributed by atoms with Gasteiger partial charge in [0, 0.05) is 6.04 Å². The van der Waals surface area contributed by atoms with E-state index in [-0.39, 0.29) is 0 Å².